The zero-order valence-corrected chi connectivity index (χ0v) is 19.7. The number of nitro groups is 1. The number of hydrogen-bond acceptors (Lipinski definition) is 6. The molecule has 5 heterocycles. The minimum atomic E-state index is -0.387. The highest BCUT2D eigenvalue weighted by molar-refractivity contribution is 5.82. The van der Waals surface area contributed by atoms with E-state index < -0.39 is 0 Å². The van der Waals surface area contributed by atoms with Crippen LogP contribution in [0.15, 0.2) is 65.6 Å². The van der Waals surface area contributed by atoms with Gasteiger partial charge in [0.2, 0.25) is 5.91 Å². The molecule has 1 aromatic carbocycles. The van der Waals surface area contributed by atoms with Crippen LogP contribution >= 0.6 is 0 Å². The van der Waals surface area contributed by atoms with E-state index in [2.05, 4.69) is 15.2 Å². The van der Waals surface area contributed by atoms with Gasteiger partial charge >= 0.3 is 0 Å². The molecular weight excluding hydrogens is 458 g/mol. The standard InChI is InChI=1S/C27H27N5O4/c33-25-6-3-5-23-18-12-19(16-30(23)25)26-22(27(34)29-11-9-20-4-1-2-10-28-20)14-17-13-21(32(35)36)7-8-24(17)31(26)15-18/h1-8,10,13,18-19,22,26H,9,11-12,14-16H2,(H,29,34)/t18?,19?,22-,26+/m1/s1. The summed E-state index contributed by atoms with van der Waals surface area (Å²) in [6.07, 6.45) is 3.72. The second-order valence-electron chi connectivity index (χ2n) is 9.98. The van der Waals surface area contributed by atoms with Crippen LogP contribution in [-0.2, 0) is 24.2 Å². The Balaban J connectivity index is 1.33. The SMILES string of the molecule is O=C(NCCc1ccccn1)[C@@H]1Cc2cc([N+](=O)[O-])ccc2N2CC3CC(Cn4c3cccc4=O)[C@@H]12. The quantitative estimate of drug-likeness (QED) is 0.440. The lowest BCUT2D eigenvalue weighted by Gasteiger charge is -2.54. The van der Waals surface area contributed by atoms with E-state index in [1.165, 1.54) is 0 Å². The molecule has 9 nitrogen and oxygen atoms in total. The van der Waals surface area contributed by atoms with Crippen molar-refractivity contribution in [1.82, 2.24) is 14.9 Å². The fourth-order valence-electron chi connectivity index (χ4n) is 6.44. The maximum absolute atomic E-state index is 13.6. The molecule has 9 heteroatoms. The van der Waals surface area contributed by atoms with Crippen LogP contribution in [0.1, 0.15) is 29.3 Å². The molecule has 3 aliphatic heterocycles. The summed E-state index contributed by atoms with van der Waals surface area (Å²) in [5, 5.41) is 14.6. The number of benzene rings is 1. The normalized spacial score (nSPS) is 23.7. The Morgan fingerprint density at radius 2 is 2.03 bits per heavy atom. The van der Waals surface area contributed by atoms with Crippen LogP contribution < -0.4 is 15.8 Å². The summed E-state index contributed by atoms with van der Waals surface area (Å²) in [6.45, 7) is 1.72. The maximum Gasteiger partial charge on any atom is 0.269 e. The first-order valence-corrected chi connectivity index (χ1v) is 12.4. The Bertz CT molecular complexity index is 1390. The molecule has 0 radical (unpaired) electrons. The molecule has 1 amide bonds. The molecule has 1 saturated heterocycles. The van der Waals surface area contributed by atoms with Crippen LogP contribution in [0.25, 0.3) is 0 Å². The van der Waals surface area contributed by atoms with Gasteiger partial charge in [-0.1, -0.05) is 12.1 Å². The van der Waals surface area contributed by atoms with Gasteiger partial charge < -0.3 is 14.8 Å². The van der Waals surface area contributed by atoms with E-state index in [1.54, 1.807) is 24.4 Å². The highest BCUT2D eigenvalue weighted by atomic mass is 16.6. The van der Waals surface area contributed by atoms with E-state index in [0.29, 0.717) is 32.5 Å². The molecule has 2 unspecified atom stereocenters. The third kappa shape index (κ3) is 3.84. The second-order valence-corrected chi connectivity index (χ2v) is 9.98. The number of non-ortho nitro benzene ring substituents is 1. The lowest BCUT2D eigenvalue weighted by molar-refractivity contribution is -0.384. The van der Waals surface area contributed by atoms with Gasteiger partial charge in [-0.15, -0.1) is 0 Å². The molecule has 3 aliphatic rings. The Morgan fingerprint density at radius 3 is 2.83 bits per heavy atom. The van der Waals surface area contributed by atoms with E-state index in [0.717, 1.165) is 29.1 Å². The number of nitrogens with zero attached hydrogens (tertiary/aromatic N) is 4. The molecular formula is C27H27N5O4. The summed E-state index contributed by atoms with van der Waals surface area (Å²) in [4.78, 5) is 43.9. The third-order valence-corrected chi connectivity index (χ3v) is 7.94. The topological polar surface area (TPSA) is 110 Å². The summed E-state index contributed by atoms with van der Waals surface area (Å²) < 4.78 is 1.87. The van der Waals surface area contributed by atoms with Crippen LogP contribution in [0.3, 0.4) is 0 Å². The predicted molar refractivity (Wildman–Crippen MR) is 134 cm³/mol. The Hall–Kier alpha value is -4.01. The zero-order valence-electron chi connectivity index (χ0n) is 19.7. The summed E-state index contributed by atoms with van der Waals surface area (Å²) in [7, 11) is 0. The van der Waals surface area contributed by atoms with Gasteiger partial charge in [0.05, 0.1) is 10.8 Å². The average Bonchev–Trinajstić information content (AvgIpc) is 2.89. The first-order chi connectivity index (χ1) is 17.5. The van der Waals surface area contributed by atoms with Crippen molar-refractivity contribution in [1.29, 1.82) is 0 Å². The second kappa shape index (κ2) is 8.89. The number of amides is 1. The first kappa shape index (κ1) is 22.5. The van der Waals surface area contributed by atoms with Crippen molar-refractivity contribution < 1.29 is 9.72 Å². The number of anilines is 1. The monoisotopic (exact) mass is 485 g/mol. The van der Waals surface area contributed by atoms with Gasteiger partial charge in [-0.25, -0.2) is 0 Å². The number of carbonyl (C=O) groups is 1. The van der Waals surface area contributed by atoms with Gasteiger partial charge in [0, 0.05) is 79.5 Å². The third-order valence-electron chi connectivity index (χ3n) is 7.94. The molecule has 0 saturated carbocycles. The van der Waals surface area contributed by atoms with Gasteiger partial charge in [-0.3, -0.25) is 24.7 Å². The highest BCUT2D eigenvalue weighted by Crippen LogP contribution is 2.47. The summed E-state index contributed by atoms with van der Waals surface area (Å²) >= 11 is 0. The molecule has 1 N–H and O–H groups in total. The van der Waals surface area contributed by atoms with Crippen LogP contribution in [0, 0.1) is 22.0 Å². The number of nitrogens with one attached hydrogen (secondary N) is 1. The smallest absolute Gasteiger partial charge is 0.269 e. The summed E-state index contributed by atoms with van der Waals surface area (Å²) in [5.74, 6) is -0.118. The Labute approximate surface area is 207 Å². The molecule has 4 atom stereocenters. The first-order valence-electron chi connectivity index (χ1n) is 12.4. The van der Waals surface area contributed by atoms with Crippen molar-refractivity contribution in [2.45, 2.75) is 37.8 Å². The highest BCUT2D eigenvalue weighted by Gasteiger charge is 2.49. The van der Waals surface area contributed by atoms with E-state index >= 15 is 0 Å². The fourth-order valence-corrected chi connectivity index (χ4v) is 6.44. The van der Waals surface area contributed by atoms with Crippen molar-refractivity contribution in [2.75, 3.05) is 18.0 Å². The number of aromatic nitrogens is 2. The van der Waals surface area contributed by atoms with Crippen LogP contribution in [0.4, 0.5) is 11.4 Å². The van der Waals surface area contributed by atoms with Gasteiger partial charge in [-0.2, -0.15) is 0 Å². The molecule has 6 rings (SSSR count). The van der Waals surface area contributed by atoms with E-state index in [-0.39, 0.29) is 45.9 Å². The molecule has 0 aliphatic carbocycles. The maximum atomic E-state index is 13.6. The van der Waals surface area contributed by atoms with Crippen molar-refractivity contribution in [3.8, 4) is 0 Å². The predicted octanol–water partition coefficient (Wildman–Crippen LogP) is 2.68. The molecule has 0 spiro atoms. The molecule has 36 heavy (non-hydrogen) atoms. The number of piperidine rings is 1. The van der Waals surface area contributed by atoms with Crippen molar-refractivity contribution >= 4 is 17.3 Å². The molecule has 1 fully saturated rings. The van der Waals surface area contributed by atoms with Crippen LogP contribution in [-0.4, -0.2) is 39.5 Å². The van der Waals surface area contributed by atoms with Crippen molar-refractivity contribution in [3.63, 3.8) is 0 Å². The lowest BCUT2D eigenvalue weighted by atomic mass is 9.70. The number of hydrogen-bond donors (Lipinski definition) is 1. The Kier molecular flexibility index (Phi) is 5.55. The Morgan fingerprint density at radius 1 is 1.14 bits per heavy atom. The minimum Gasteiger partial charge on any atom is -0.366 e. The number of fused-ring (bicyclic) bond motifs is 8. The number of nitro benzene ring substituents is 1. The van der Waals surface area contributed by atoms with Crippen molar-refractivity contribution in [2.24, 2.45) is 11.8 Å². The largest absolute Gasteiger partial charge is 0.366 e. The van der Waals surface area contributed by atoms with E-state index in [9.17, 15) is 19.7 Å². The fraction of sp³-hybridized carbons (Fsp3) is 0.370. The molecule has 184 valence electrons. The zero-order chi connectivity index (χ0) is 24.8. The van der Waals surface area contributed by atoms with Gasteiger partial charge in [0.25, 0.3) is 11.2 Å². The average molecular weight is 486 g/mol. The number of pyridine rings is 2. The van der Waals surface area contributed by atoms with Gasteiger partial charge in [0.1, 0.15) is 0 Å². The van der Waals surface area contributed by atoms with Crippen LogP contribution in [0.2, 0.25) is 0 Å². The van der Waals surface area contributed by atoms with E-state index in [1.807, 2.05) is 41.0 Å². The number of carbonyl (C=O) groups excluding carboxylic acids is 1. The summed E-state index contributed by atoms with van der Waals surface area (Å²) in [5.41, 5.74) is 3.77. The number of rotatable bonds is 5. The summed E-state index contributed by atoms with van der Waals surface area (Å²) in [6, 6.07) is 16.1. The van der Waals surface area contributed by atoms with Crippen molar-refractivity contribution in [3.05, 3.63) is 98.2 Å². The lowest BCUT2D eigenvalue weighted by Crippen LogP contribution is -2.61. The molecule has 2 bridgehead atoms. The molecule has 3 aromatic rings. The minimum absolute atomic E-state index is 0.00107. The van der Waals surface area contributed by atoms with E-state index in [4.69, 9.17) is 0 Å². The van der Waals surface area contributed by atoms with Crippen LogP contribution in [0.5, 0.6) is 0 Å². The van der Waals surface area contributed by atoms with Gasteiger partial charge in [-0.05, 0) is 48.6 Å². The molecule has 2 aromatic heterocycles. The van der Waals surface area contributed by atoms with Gasteiger partial charge in [0.15, 0.2) is 0 Å².